The third-order valence-corrected chi connectivity index (χ3v) is 5.45. The van der Waals surface area contributed by atoms with E-state index in [9.17, 15) is 4.79 Å². The smallest absolute Gasteiger partial charge is 0.187 e. The summed E-state index contributed by atoms with van der Waals surface area (Å²) in [5.74, 6) is 0.0128. The van der Waals surface area contributed by atoms with Crippen molar-refractivity contribution in [1.29, 1.82) is 0 Å². The van der Waals surface area contributed by atoms with Crippen LogP contribution in [0.15, 0.2) is 30.5 Å². The topological polar surface area (TPSA) is 77.5 Å². The van der Waals surface area contributed by atoms with E-state index in [2.05, 4.69) is 0 Å². The SMILES string of the molecule is CO.CO[C@H]1[C@H](C)O[C@@H](OC2Cc3ccc(C(=O)/C=C/N(C)C)cc3C2)C[C@@H]1OC.I. The van der Waals surface area contributed by atoms with Crippen LogP contribution in [0.3, 0.4) is 0 Å². The molecule has 0 bridgehead atoms. The van der Waals surface area contributed by atoms with Gasteiger partial charge in [0.15, 0.2) is 12.1 Å². The number of allylic oxidation sites excluding steroid dienone is 1. The molecule has 1 aliphatic heterocycles. The summed E-state index contributed by atoms with van der Waals surface area (Å²) in [5, 5.41) is 7.00. The van der Waals surface area contributed by atoms with E-state index >= 15 is 0 Å². The number of aliphatic hydroxyl groups excluding tert-OH is 1. The number of benzene rings is 1. The summed E-state index contributed by atoms with van der Waals surface area (Å²) in [6.45, 7) is 1.98. The highest BCUT2D eigenvalue weighted by atomic mass is 127. The molecule has 0 radical (unpaired) electrons. The van der Waals surface area contributed by atoms with Gasteiger partial charge in [-0.25, -0.2) is 0 Å². The molecule has 1 fully saturated rings. The molecule has 1 aliphatic carbocycles. The molecule has 176 valence electrons. The van der Waals surface area contributed by atoms with E-state index in [0.29, 0.717) is 12.0 Å². The van der Waals surface area contributed by atoms with E-state index in [-0.39, 0.29) is 60.5 Å². The van der Waals surface area contributed by atoms with Crippen LogP contribution in [0.25, 0.3) is 0 Å². The summed E-state index contributed by atoms with van der Waals surface area (Å²) in [6.07, 6.45) is 5.13. The number of hydrogen-bond donors (Lipinski definition) is 1. The molecule has 3 rings (SSSR count). The maximum absolute atomic E-state index is 12.3. The molecule has 0 saturated carbocycles. The van der Waals surface area contributed by atoms with Gasteiger partial charge in [-0.3, -0.25) is 4.79 Å². The predicted molar refractivity (Wildman–Crippen MR) is 130 cm³/mol. The van der Waals surface area contributed by atoms with Crippen molar-refractivity contribution in [3.05, 3.63) is 47.2 Å². The molecule has 5 atom stereocenters. The molecular weight excluding hydrogens is 513 g/mol. The Morgan fingerprint density at radius 2 is 1.84 bits per heavy atom. The van der Waals surface area contributed by atoms with Gasteiger partial charge in [-0.2, -0.15) is 0 Å². The number of aliphatic hydroxyl groups is 1. The first kappa shape index (κ1) is 28.0. The van der Waals surface area contributed by atoms with Crippen LogP contribution in [0.4, 0.5) is 0 Å². The summed E-state index contributed by atoms with van der Waals surface area (Å²) >= 11 is 0. The Labute approximate surface area is 202 Å². The van der Waals surface area contributed by atoms with E-state index < -0.39 is 0 Å². The quantitative estimate of drug-likeness (QED) is 0.319. The molecular formula is C23H36INO6. The van der Waals surface area contributed by atoms with Gasteiger partial charge in [0, 0.05) is 59.7 Å². The van der Waals surface area contributed by atoms with E-state index in [1.54, 1.807) is 26.5 Å². The van der Waals surface area contributed by atoms with Crippen molar-refractivity contribution in [2.24, 2.45) is 0 Å². The van der Waals surface area contributed by atoms with Crippen LogP contribution in [-0.4, -0.2) is 81.9 Å². The standard InChI is InChI=1S/C22H31NO5.CH4O.HI/c1-14-22(26-5)20(25-4)13-21(27-14)28-18-11-15-6-7-16(10-17(15)12-18)19(24)8-9-23(2)3;1-2;/h6-10,14,18,20-22H,11-13H2,1-5H3;2H,1H3;1H/b9-8+;;/t14-,18?,20-,21-,22-;;/m0../s1. The van der Waals surface area contributed by atoms with Gasteiger partial charge in [-0.15, -0.1) is 24.0 Å². The van der Waals surface area contributed by atoms with Crippen LogP contribution < -0.4 is 0 Å². The number of nitrogens with zero attached hydrogens (tertiary/aromatic N) is 1. The van der Waals surface area contributed by atoms with Gasteiger partial charge in [-0.1, -0.05) is 12.1 Å². The van der Waals surface area contributed by atoms with E-state index in [4.69, 9.17) is 24.1 Å². The molecule has 0 amide bonds. The summed E-state index contributed by atoms with van der Waals surface area (Å²) in [5.41, 5.74) is 3.12. The third-order valence-electron chi connectivity index (χ3n) is 5.45. The summed E-state index contributed by atoms with van der Waals surface area (Å²) in [4.78, 5) is 14.2. The van der Waals surface area contributed by atoms with Gasteiger partial charge in [0.05, 0.1) is 18.3 Å². The van der Waals surface area contributed by atoms with Crippen molar-refractivity contribution in [3.8, 4) is 0 Å². The van der Waals surface area contributed by atoms with Crippen molar-refractivity contribution < 1.29 is 28.8 Å². The Hall–Kier alpha value is -1.04. The minimum Gasteiger partial charge on any atom is -0.400 e. The minimum absolute atomic E-state index is 0. The van der Waals surface area contributed by atoms with Crippen LogP contribution >= 0.6 is 24.0 Å². The maximum atomic E-state index is 12.3. The normalized spacial score (nSPS) is 27.1. The lowest BCUT2D eigenvalue weighted by molar-refractivity contribution is -0.265. The van der Waals surface area contributed by atoms with Crippen LogP contribution in [0.2, 0.25) is 0 Å². The highest BCUT2D eigenvalue weighted by Gasteiger charge is 2.39. The molecule has 0 aromatic heterocycles. The van der Waals surface area contributed by atoms with Crippen LogP contribution in [-0.2, 0) is 31.8 Å². The Morgan fingerprint density at radius 3 is 2.45 bits per heavy atom. The molecule has 31 heavy (non-hydrogen) atoms. The molecule has 7 nitrogen and oxygen atoms in total. The summed E-state index contributed by atoms with van der Waals surface area (Å²) < 4.78 is 23.3. The lowest BCUT2D eigenvalue weighted by atomic mass is 10.0. The van der Waals surface area contributed by atoms with Gasteiger partial charge < -0.3 is 29.0 Å². The fourth-order valence-corrected chi connectivity index (χ4v) is 4.01. The average Bonchev–Trinajstić information content (AvgIpc) is 3.14. The molecule has 1 unspecified atom stereocenters. The molecule has 1 saturated heterocycles. The van der Waals surface area contributed by atoms with Crippen molar-refractivity contribution in [2.45, 2.75) is 56.9 Å². The minimum atomic E-state index is -0.310. The Bertz CT molecular complexity index is 726. The molecule has 1 aromatic rings. The molecule has 2 aliphatic rings. The number of carbonyl (C=O) groups excluding carboxylic acids is 1. The second-order valence-corrected chi connectivity index (χ2v) is 7.77. The number of halogens is 1. The van der Waals surface area contributed by atoms with Crippen molar-refractivity contribution in [1.82, 2.24) is 4.90 Å². The number of ketones is 1. The van der Waals surface area contributed by atoms with E-state index in [1.165, 1.54) is 11.1 Å². The molecule has 1 heterocycles. The number of rotatable bonds is 7. The van der Waals surface area contributed by atoms with E-state index in [0.717, 1.165) is 20.0 Å². The maximum Gasteiger partial charge on any atom is 0.187 e. The molecule has 8 heteroatoms. The van der Waals surface area contributed by atoms with Crippen LogP contribution in [0, 0.1) is 0 Å². The zero-order chi connectivity index (χ0) is 22.3. The lowest BCUT2D eigenvalue weighted by Crippen LogP contribution is -2.50. The van der Waals surface area contributed by atoms with Crippen LogP contribution in [0.1, 0.15) is 34.8 Å². The predicted octanol–water partition coefficient (Wildman–Crippen LogP) is 2.82. The Balaban J connectivity index is 0.00000156. The first-order valence-electron chi connectivity index (χ1n) is 10.2. The Morgan fingerprint density at radius 1 is 1.16 bits per heavy atom. The zero-order valence-electron chi connectivity index (χ0n) is 19.2. The number of ether oxygens (including phenoxy) is 4. The first-order chi connectivity index (χ1) is 14.4. The Kier molecular flexibility index (Phi) is 12.2. The van der Waals surface area contributed by atoms with Crippen LogP contribution in [0.5, 0.6) is 0 Å². The first-order valence-corrected chi connectivity index (χ1v) is 10.2. The molecule has 0 spiro atoms. The third kappa shape index (κ3) is 7.50. The summed E-state index contributed by atoms with van der Waals surface area (Å²) in [6, 6.07) is 5.93. The van der Waals surface area contributed by atoms with Gasteiger partial charge in [0.25, 0.3) is 0 Å². The fraction of sp³-hybridized carbons (Fsp3) is 0.609. The summed E-state index contributed by atoms with van der Waals surface area (Å²) in [7, 11) is 8.16. The van der Waals surface area contributed by atoms with Crippen molar-refractivity contribution >= 4 is 29.8 Å². The highest BCUT2D eigenvalue weighted by molar-refractivity contribution is 14.0. The number of hydrogen-bond acceptors (Lipinski definition) is 7. The highest BCUT2D eigenvalue weighted by Crippen LogP contribution is 2.30. The number of fused-ring (bicyclic) bond motifs is 1. The van der Waals surface area contributed by atoms with Gasteiger partial charge in [0.1, 0.15) is 6.10 Å². The second-order valence-electron chi connectivity index (χ2n) is 7.77. The van der Waals surface area contributed by atoms with E-state index in [1.807, 2.05) is 44.1 Å². The zero-order valence-corrected chi connectivity index (χ0v) is 21.6. The second kappa shape index (κ2) is 13.5. The van der Waals surface area contributed by atoms with Gasteiger partial charge >= 0.3 is 0 Å². The molecule has 1 aromatic carbocycles. The average molecular weight is 549 g/mol. The largest absolute Gasteiger partial charge is 0.400 e. The number of methoxy groups -OCH3 is 2. The van der Waals surface area contributed by atoms with Crippen molar-refractivity contribution in [2.75, 3.05) is 35.4 Å². The molecule has 1 N–H and O–H groups in total. The van der Waals surface area contributed by atoms with Crippen molar-refractivity contribution in [3.63, 3.8) is 0 Å². The van der Waals surface area contributed by atoms with Gasteiger partial charge in [-0.05, 0) is 37.0 Å². The van der Waals surface area contributed by atoms with Gasteiger partial charge in [0.2, 0.25) is 0 Å². The fourth-order valence-electron chi connectivity index (χ4n) is 4.01. The lowest BCUT2D eigenvalue weighted by Gasteiger charge is -2.39. The number of carbonyl (C=O) groups is 1. The monoisotopic (exact) mass is 549 g/mol.